The molecule has 3 heteroatoms. The van der Waals surface area contributed by atoms with Gasteiger partial charge in [0, 0.05) is 6.61 Å². The fraction of sp³-hybridized carbons (Fsp3) is 0.500. The molecule has 0 saturated heterocycles. The van der Waals surface area contributed by atoms with Gasteiger partial charge in [-0.3, -0.25) is 0 Å². The topological polar surface area (TPSA) is 18.5 Å². The molecule has 0 saturated carbocycles. The largest absolute Gasteiger partial charge is 0.496 e. The van der Waals surface area contributed by atoms with Crippen LogP contribution in [0.4, 0.5) is 0 Å². The SMILES string of the molecule is COc1ccc(COCC(C)C)cc1Br. The van der Waals surface area contributed by atoms with Crippen LogP contribution in [0.2, 0.25) is 0 Å². The van der Waals surface area contributed by atoms with E-state index in [0.717, 1.165) is 22.4 Å². The molecular weight excluding hydrogens is 256 g/mol. The van der Waals surface area contributed by atoms with Crippen LogP contribution in [0.5, 0.6) is 5.75 Å². The zero-order valence-electron chi connectivity index (χ0n) is 9.42. The van der Waals surface area contributed by atoms with Gasteiger partial charge >= 0.3 is 0 Å². The number of methoxy groups -OCH3 is 1. The maximum Gasteiger partial charge on any atom is 0.133 e. The van der Waals surface area contributed by atoms with Gasteiger partial charge in [-0.25, -0.2) is 0 Å². The Hall–Kier alpha value is -0.540. The Balaban J connectivity index is 2.52. The predicted molar refractivity (Wildman–Crippen MR) is 65.2 cm³/mol. The van der Waals surface area contributed by atoms with Crippen molar-refractivity contribution in [3.63, 3.8) is 0 Å². The van der Waals surface area contributed by atoms with Gasteiger partial charge < -0.3 is 9.47 Å². The van der Waals surface area contributed by atoms with Crippen molar-refractivity contribution in [1.82, 2.24) is 0 Å². The molecule has 2 nitrogen and oxygen atoms in total. The summed E-state index contributed by atoms with van der Waals surface area (Å²) >= 11 is 3.45. The van der Waals surface area contributed by atoms with E-state index in [4.69, 9.17) is 9.47 Å². The van der Waals surface area contributed by atoms with Gasteiger partial charge in [0.15, 0.2) is 0 Å². The normalized spacial score (nSPS) is 10.7. The molecule has 0 heterocycles. The minimum atomic E-state index is 0.576. The quantitative estimate of drug-likeness (QED) is 0.815. The second kappa shape index (κ2) is 6.13. The highest BCUT2D eigenvalue weighted by molar-refractivity contribution is 9.10. The standard InChI is InChI=1S/C12H17BrO2/c1-9(2)7-15-8-10-4-5-12(14-3)11(13)6-10/h4-6,9H,7-8H2,1-3H3. The summed E-state index contributed by atoms with van der Waals surface area (Å²) in [4.78, 5) is 0. The van der Waals surface area contributed by atoms with Crippen molar-refractivity contribution in [3.8, 4) is 5.75 Å². The van der Waals surface area contributed by atoms with Gasteiger partial charge in [0.05, 0.1) is 18.2 Å². The molecule has 0 aliphatic carbocycles. The van der Waals surface area contributed by atoms with Crippen LogP contribution in [-0.4, -0.2) is 13.7 Å². The Morgan fingerprint density at radius 3 is 2.60 bits per heavy atom. The molecule has 1 aromatic rings. The van der Waals surface area contributed by atoms with E-state index in [9.17, 15) is 0 Å². The molecule has 0 aromatic heterocycles. The first-order valence-corrected chi connectivity index (χ1v) is 5.83. The van der Waals surface area contributed by atoms with Crippen molar-refractivity contribution in [2.75, 3.05) is 13.7 Å². The molecule has 0 amide bonds. The third-order valence-corrected chi connectivity index (χ3v) is 2.56. The van der Waals surface area contributed by atoms with Crippen LogP contribution in [-0.2, 0) is 11.3 Å². The number of hydrogen-bond donors (Lipinski definition) is 0. The van der Waals surface area contributed by atoms with Gasteiger partial charge in [-0.15, -0.1) is 0 Å². The molecule has 0 unspecified atom stereocenters. The van der Waals surface area contributed by atoms with E-state index in [1.807, 2.05) is 18.2 Å². The van der Waals surface area contributed by atoms with Crippen LogP contribution < -0.4 is 4.74 Å². The van der Waals surface area contributed by atoms with Crippen LogP contribution in [0.3, 0.4) is 0 Å². The summed E-state index contributed by atoms with van der Waals surface area (Å²) < 4.78 is 11.7. The Labute approximate surface area is 99.7 Å². The lowest BCUT2D eigenvalue weighted by molar-refractivity contribution is 0.0970. The molecule has 0 aliphatic rings. The first-order valence-electron chi connectivity index (χ1n) is 5.03. The van der Waals surface area contributed by atoms with Crippen LogP contribution in [0.1, 0.15) is 19.4 Å². The summed E-state index contributed by atoms with van der Waals surface area (Å²) in [6, 6.07) is 5.99. The van der Waals surface area contributed by atoms with Crippen molar-refractivity contribution in [3.05, 3.63) is 28.2 Å². The number of benzene rings is 1. The third-order valence-electron chi connectivity index (χ3n) is 1.94. The Kier molecular flexibility index (Phi) is 5.12. The molecule has 84 valence electrons. The highest BCUT2D eigenvalue weighted by atomic mass is 79.9. The maximum atomic E-state index is 5.55. The van der Waals surface area contributed by atoms with Crippen LogP contribution in [0.15, 0.2) is 22.7 Å². The summed E-state index contributed by atoms with van der Waals surface area (Å²) in [6.45, 7) is 5.73. The summed E-state index contributed by atoms with van der Waals surface area (Å²) in [5.41, 5.74) is 1.16. The Morgan fingerprint density at radius 1 is 1.33 bits per heavy atom. The van der Waals surface area contributed by atoms with E-state index in [1.54, 1.807) is 7.11 Å². The van der Waals surface area contributed by atoms with Gasteiger partial charge in [-0.2, -0.15) is 0 Å². The first kappa shape index (κ1) is 12.5. The highest BCUT2D eigenvalue weighted by Crippen LogP contribution is 2.25. The molecule has 15 heavy (non-hydrogen) atoms. The summed E-state index contributed by atoms with van der Waals surface area (Å²) in [6.07, 6.45) is 0. The lowest BCUT2D eigenvalue weighted by Gasteiger charge is -2.08. The number of hydrogen-bond acceptors (Lipinski definition) is 2. The molecule has 0 atom stereocenters. The van der Waals surface area contributed by atoms with E-state index in [0.29, 0.717) is 12.5 Å². The van der Waals surface area contributed by atoms with E-state index in [1.165, 1.54) is 0 Å². The molecule has 0 N–H and O–H groups in total. The minimum absolute atomic E-state index is 0.576. The minimum Gasteiger partial charge on any atom is -0.496 e. The summed E-state index contributed by atoms with van der Waals surface area (Å²) in [5.74, 6) is 1.43. The van der Waals surface area contributed by atoms with Crippen LogP contribution in [0, 0.1) is 5.92 Å². The first-order chi connectivity index (χ1) is 7.13. The lowest BCUT2D eigenvalue weighted by Crippen LogP contribution is -2.01. The van der Waals surface area contributed by atoms with Gasteiger partial charge in [0.2, 0.25) is 0 Å². The fourth-order valence-corrected chi connectivity index (χ4v) is 1.80. The van der Waals surface area contributed by atoms with Gasteiger partial charge in [0.1, 0.15) is 5.75 Å². The monoisotopic (exact) mass is 272 g/mol. The van der Waals surface area contributed by atoms with E-state index in [-0.39, 0.29) is 0 Å². The molecule has 0 bridgehead atoms. The van der Waals surface area contributed by atoms with Crippen LogP contribution in [0.25, 0.3) is 0 Å². The third kappa shape index (κ3) is 4.22. The predicted octanol–water partition coefficient (Wildman–Crippen LogP) is 3.63. The average Bonchev–Trinajstić information content (AvgIpc) is 2.17. The molecule has 0 aliphatic heterocycles. The second-order valence-electron chi connectivity index (χ2n) is 3.88. The molecule has 0 fully saturated rings. The molecule has 0 radical (unpaired) electrons. The van der Waals surface area contributed by atoms with Gasteiger partial charge in [0.25, 0.3) is 0 Å². The van der Waals surface area contributed by atoms with E-state index < -0.39 is 0 Å². The molecule has 0 spiro atoms. The maximum absolute atomic E-state index is 5.55. The second-order valence-corrected chi connectivity index (χ2v) is 4.73. The fourth-order valence-electron chi connectivity index (χ4n) is 1.21. The van der Waals surface area contributed by atoms with Crippen molar-refractivity contribution < 1.29 is 9.47 Å². The van der Waals surface area contributed by atoms with E-state index >= 15 is 0 Å². The van der Waals surface area contributed by atoms with Crippen molar-refractivity contribution in [2.24, 2.45) is 5.92 Å². The molecular formula is C12H17BrO2. The number of ether oxygens (including phenoxy) is 2. The van der Waals surface area contributed by atoms with Gasteiger partial charge in [-0.1, -0.05) is 19.9 Å². The van der Waals surface area contributed by atoms with Gasteiger partial charge in [-0.05, 0) is 39.5 Å². The number of halogens is 1. The Bertz CT molecular complexity index is 310. The molecule has 1 aromatic carbocycles. The number of rotatable bonds is 5. The Morgan fingerprint density at radius 2 is 2.07 bits per heavy atom. The summed E-state index contributed by atoms with van der Waals surface area (Å²) in [7, 11) is 1.66. The average molecular weight is 273 g/mol. The van der Waals surface area contributed by atoms with E-state index in [2.05, 4.69) is 29.8 Å². The van der Waals surface area contributed by atoms with Crippen molar-refractivity contribution in [1.29, 1.82) is 0 Å². The van der Waals surface area contributed by atoms with Crippen LogP contribution >= 0.6 is 15.9 Å². The highest BCUT2D eigenvalue weighted by Gasteiger charge is 2.01. The van der Waals surface area contributed by atoms with Crippen molar-refractivity contribution >= 4 is 15.9 Å². The zero-order valence-corrected chi connectivity index (χ0v) is 11.0. The smallest absolute Gasteiger partial charge is 0.133 e. The molecule has 1 rings (SSSR count). The summed E-state index contributed by atoms with van der Waals surface area (Å²) in [5, 5.41) is 0. The van der Waals surface area contributed by atoms with Crippen molar-refractivity contribution in [2.45, 2.75) is 20.5 Å². The lowest BCUT2D eigenvalue weighted by atomic mass is 10.2. The zero-order chi connectivity index (χ0) is 11.3.